The minimum Gasteiger partial charge on any atom is -0.395 e. The quantitative estimate of drug-likeness (QED) is 0.798. The maximum absolute atomic E-state index is 8.47. The summed E-state index contributed by atoms with van der Waals surface area (Å²) in [7, 11) is 0. The van der Waals surface area contributed by atoms with Gasteiger partial charge >= 0.3 is 0 Å². The Labute approximate surface area is 84.8 Å². The van der Waals surface area contributed by atoms with E-state index in [1.165, 1.54) is 0 Å². The Morgan fingerprint density at radius 1 is 1.08 bits per heavy atom. The van der Waals surface area contributed by atoms with E-state index in [0.29, 0.717) is 6.54 Å². The van der Waals surface area contributed by atoms with Gasteiger partial charge in [0.15, 0.2) is 0 Å². The van der Waals surface area contributed by atoms with Crippen molar-refractivity contribution < 1.29 is 5.11 Å². The molecule has 0 bridgehead atoms. The summed E-state index contributed by atoms with van der Waals surface area (Å²) < 4.78 is 0. The molecule has 0 saturated heterocycles. The third-order valence-corrected chi connectivity index (χ3v) is 1.21. The first-order valence-electron chi connectivity index (χ1n) is 3.33. The van der Waals surface area contributed by atoms with E-state index >= 15 is 0 Å². The fourth-order valence-electron chi connectivity index (χ4n) is 0.756. The van der Waals surface area contributed by atoms with Crippen LogP contribution in [0.4, 0.5) is 5.69 Å². The van der Waals surface area contributed by atoms with E-state index < -0.39 is 0 Å². The summed E-state index contributed by atoms with van der Waals surface area (Å²) in [6.45, 7) is 0.791. The highest BCUT2D eigenvalue weighted by Gasteiger charge is 1.84. The summed E-state index contributed by atoms with van der Waals surface area (Å²) in [5.41, 5.74) is 1.05. The monoisotopic (exact) mass is 209 g/mol. The molecule has 0 aliphatic rings. The molecule has 12 heavy (non-hydrogen) atoms. The number of aliphatic hydroxyl groups is 1. The van der Waals surface area contributed by atoms with E-state index in [0.717, 1.165) is 5.69 Å². The van der Waals surface area contributed by atoms with Gasteiger partial charge in [-0.25, -0.2) is 0 Å². The lowest BCUT2D eigenvalue weighted by Crippen LogP contribution is -2.04. The summed E-state index contributed by atoms with van der Waals surface area (Å²) in [5.74, 6) is 0. The number of rotatable bonds is 3. The smallest absolute Gasteiger partial charge is 0.0604 e. The zero-order valence-electron chi connectivity index (χ0n) is 6.56. The molecule has 1 aromatic carbocycles. The van der Waals surface area contributed by atoms with Crippen LogP contribution in [0.2, 0.25) is 0 Å². The first-order valence-corrected chi connectivity index (χ1v) is 3.33. The SMILES string of the molecule is Cl.Cl.OCCNc1ccccc1. The third-order valence-electron chi connectivity index (χ3n) is 1.21. The predicted octanol–water partition coefficient (Wildman–Crippen LogP) is 1.93. The van der Waals surface area contributed by atoms with Crippen molar-refractivity contribution in [1.82, 2.24) is 0 Å². The van der Waals surface area contributed by atoms with Crippen molar-refractivity contribution in [3.8, 4) is 0 Å². The first kappa shape index (κ1) is 14.1. The summed E-state index contributed by atoms with van der Waals surface area (Å²) in [6.07, 6.45) is 0. The molecule has 2 nitrogen and oxygen atoms in total. The molecular formula is C8H13Cl2NO. The van der Waals surface area contributed by atoms with E-state index in [9.17, 15) is 0 Å². The van der Waals surface area contributed by atoms with Gasteiger partial charge in [0.1, 0.15) is 0 Å². The molecule has 4 heteroatoms. The van der Waals surface area contributed by atoms with Crippen LogP contribution in [0.5, 0.6) is 0 Å². The van der Waals surface area contributed by atoms with Crippen LogP contribution in [0.3, 0.4) is 0 Å². The Balaban J connectivity index is 0. The Bertz CT molecular complexity index is 182. The average molecular weight is 210 g/mol. The Morgan fingerprint density at radius 2 is 1.67 bits per heavy atom. The van der Waals surface area contributed by atoms with E-state index in [4.69, 9.17) is 5.11 Å². The van der Waals surface area contributed by atoms with Gasteiger partial charge < -0.3 is 10.4 Å². The normalized spacial score (nSPS) is 7.75. The second-order valence-corrected chi connectivity index (χ2v) is 2.02. The van der Waals surface area contributed by atoms with Gasteiger partial charge in [0.25, 0.3) is 0 Å². The van der Waals surface area contributed by atoms with Crippen LogP contribution in [-0.4, -0.2) is 18.3 Å². The van der Waals surface area contributed by atoms with Crippen molar-refractivity contribution in [3.63, 3.8) is 0 Å². The molecule has 0 heterocycles. The van der Waals surface area contributed by atoms with Crippen molar-refractivity contribution >= 4 is 30.5 Å². The third kappa shape index (κ3) is 5.24. The Kier molecular flexibility index (Phi) is 10.2. The second-order valence-electron chi connectivity index (χ2n) is 2.02. The van der Waals surface area contributed by atoms with E-state index in [2.05, 4.69) is 5.32 Å². The van der Waals surface area contributed by atoms with Crippen LogP contribution in [0.15, 0.2) is 30.3 Å². The van der Waals surface area contributed by atoms with Crippen LogP contribution < -0.4 is 5.32 Å². The second kappa shape index (κ2) is 8.65. The molecule has 0 saturated carbocycles. The van der Waals surface area contributed by atoms with Crippen LogP contribution in [0, 0.1) is 0 Å². The molecule has 0 radical (unpaired) electrons. The molecule has 70 valence electrons. The topological polar surface area (TPSA) is 32.3 Å². The van der Waals surface area contributed by atoms with Gasteiger partial charge in [-0.2, -0.15) is 0 Å². The lowest BCUT2D eigenvalue weighted by molar-refractivity contribution is 0.311. The maximum atomic E-state index is 8.47. The summed E-state index contributed by atoms with van der Waals surface area (Å²) in [5, 5.41) is 11.5. The first-order chi connectivity index (χ1) is 4.93. The van der Waals surface area contributed by atoms with Gasteiger partial charge in [-0.3, -0.25) is 0 Å². The van der Waals surface area contributed by atoms with Crippen LogP contribution in [0.1, 0.15) is 0 Å². The zero-order valence-corrected chi connectivity index (χ0v) is 8.20. The van der Waals surface area contributed by atoms with E-state index in [1.807, 2.05) is 30.3 Å². The highest BCUT2D eigenvalue weighted by molar-refractivity contribution is 5.85. The number of aliphatic hydroxyl groups excluding tert-OH is 1. The van der Waals surface area contributed by atoms with Crippen LogP contribution in [0.25, 0.3) is 0 Å². The molecule has 1 rings (SSSR count). The molecule has 0 aliphatic heterocycles. The van der Waals surface area contributed by atoms with Crippen molar-refractivity contribution in [2.24, 2.45) is 0 Å². The molecule has 1 aromatic rings. The number of hydrogen-bond donors (Lipinski definition) is 2. The molecule has 0 atom stereocenters. The number of hydrogen-bond acceptors (Lipinski definition) is 2. The highest BCUT2D eigenvalue weighted by atomic mass is 35.5. The molecule has 0 aliphatic carbocycles. The molecule has 0 fully saturated rings. The lowest BCUT2D eigenvalue weighted by atomic mass is 10.3. The van der Waals surface area contributed by atoms with Gasteiger partial charge in [0.05, 0.1) is 6.61 Å². The standard InChI is InChI=1S/C8H11NO.2ClH/c10-7-6-9-8-4-2-1-3-5-8;;/h1-5,9-10H,6-7H2;2*1H. The van der Waals surface area contributed by atoms with Crippen LogP contribution in [-0.2, 0) is 0 Å². The molecule has 0 aromatic heterocycles. The molecule has 2 N–H and O–H groups in total. The van der Waals surface area contributed by atoms with Crippen molar-refractivity contribution in [2.45, 2.75) is 0 Å². The Hall–Kier alpha value is -0.440. The van der Waals surface area contributed by atoms with Crippen molar-refractivity contribution in [3.05, 3.63) is 30.3 Å². The van der Waals surface area contributed by atoms with Crippen LogP contribution >= 0.6 is 24.8 Å². The largest absolute Gasteiger partial charge is 0.395 e. The maximum Gasteiger partial charge on any atom is 0.0604 e. The fraction of sp³-hybridized carbons (Fsp3) is 0.250. The highest BCUT2D eigenvalue weighted by Crippen LogP contribution is 2.02. The number of anilines is 1. The van der Waals surface area contributed by atoms with E-state index in [1.54, 1.807) is 0 Å². The lowest BCUT2D eigenvalue weighted by Gasteiger charge is -2.01. The fourth-order valence-corrected chi connectivity index (χ4v) is 0.756. The van der Waals surface area contributed by atoms with Crippen molar-refractivity contribution in [1.29, 1.82) is 0 Å². The molecular weight excluding hydrogens is 197 g/mol. The molecule has 0 unspecified atom stereocenters. The summed E-state index contributed by atoms with van der Waals surface area (Å²) in [4.78, 5) is 0. The minimum absolute atomic E-state index is 0. The number of benzene rings is 1. The molecule has 0 spiro atoms. The predicted molar refractivity (Wildman–Crippen MR) is 56.5 cm³/mol. The van der Waals surface area contributed by atoms with Gasteiger partial charge in [-0.15, -0.1) is 24.8 Å². The number of halogens is 2. The van der Waals surface area contributed by atoms with Gasteiger partial charge in [-0.1, -0.05) is 18.2 Å². The number of nitrogens with one attached hydrogen (secondary N) is 1. The minimum atomic E-state index is 0. The zero-order chi connectivity index (χ0) is 7.23. The van der Waals surface area contributed by atoms with Crippen molar-refractivity contribution in [2.75, 3.05) is 18.5 Å². The number of para-hydroxylation sites is 1. The average Bonchev–Trinajstić information content (AvgIpc) is 2.03. The Morgan fingerprint density at radius 3 is 2.17 bits per heavy atom. The van der Waals surface area contributed by atoms with Gasteiger partial charge in [-0.05, 0) is 12.1 Å². The summed E-state index contributed by atoms with van der Waals surface area (Å²) >= 11 is 0. The summed E-state index contributed by atoms with van der Waals surface area (Å²) in [6, 6.07) is 9.81. The van der Waals surface area contributed by atoms with Gasteiger partial charge in [0, 0.05) is 12.2 Å². The molecule has 0 amide bonds. The van der Waals surface area contributed by atoms with Gasteiger partial charge in [0.2, 0.25) is 0 Å². The van der Waals surface area contributed by atoms with E-state index in [-0.39, 0.29) is 31.4 Å².